The lowest BCUT2D eigenvalue weighted by Gasteiger charge is -2.27. The lowest BCUT2D eigenvalue weighted by molar-refractivity contribution is -0.00955. The molecule has 168 valence electrons. The highest BCUT2D eigenvalue weighted by atomic mass is 16.6. The Morgan fingerprint density at radius 1 is 1.09 bits per heavy atom. The van der Waals surface area contributed by atoms with Crippen LogP contribution in [0, 0.1) is 6.92 Å². The van der Waals surface area contributed by atoms with E-state index in [0.717, 1.165) is 30.0 Å². The van der Waals surface area contributed by atoms with Crippen LogP contribution in [-0.2, 0) is 22.7 Å². The highest BCUT2D eigenvalue weighted by molar-refractivity contribution is 6.02. The van der Waals surface area contributed by atoms with Crippen molar-refractivity contribution in [2.24, 2.45) is 5.16 Å². The van der Waals surface area contributed by atoms with Gasteiger partial charge in [0.2, 0.25) is 0 Å². The Labute approximate surface area is 189 Å². The Hall–Kier alpha value is -2.93. The number of hydrogen-bond donors (Lipinski definition) is 1. The molecule has 1 aromatic heterocycles. The molecule has 0 amide bonds. The first-order chi connectivity index (χ1) is 15.7. The predicted octanol–water partition coefficient (Wildman–Crippen LogP) is 4.16. The van der Waals surface area contributed by atoms with Gasteiger partial charge in [-0.05, 0) is 30.2 Å². The molecule has 6 heteroatoms. The zero-order valence-electron chi connectivity index (χ0n) is 18.4. The fourth-order valence-corrected chi connectivity index (χ4v) is 3.96. The molecule has 0 bridgehead atoms. The average Bonchev–Trinajstić information content (AvgIpc) is 3.47. The molecule has 2 heterocycles. The summed E-state index contributed by atoms with van der Waals surface area (Å²) in [5.41, 5.74) is 4.50. The van der Waals surface area contributed by atoms with Crippen molar-refractivity contribution in [1.29, 1.82) is 0 Å². The summed E-state index contributed by atoms with van der Waals surface area (Å²) >= 11 is 0. The highest BCUT2D eigenvalue weighted by Crippen LogP contribution is 2.21. The van der Waals surface area contributed by atoms with Gasteiger partial charge in [-0.3, -0.25) is 4.90 Å². The third-order valence-corrected chi connectivity index (χ3v) is 5.50. The number of benzene rings is 2. The minimum atomic E-state index is -0.619. The molecule has 0 unspecified atom stereocenters. The summed E-state index contributed by atoms with van der Waals surface area (Å²) in [6, 6.07) is 22.2. The summed E-state index contributed by atoms with van der Waals surface area (Å²) in [6.45, 7) is 4.54. The van der Waals surface area contributed by atoms with E-state index in [2.05, 4.69) is 41.2 Å². The molecule has 2 atom stereocenters. The first-order valence-corrected chi connectivity index (χ1v) is 11.0. The molecular weight excluding hydrogens is 404 g/mol. The van der Waals surface area contributed by atoms with E-state index in [1.165, 1.54) is 11.1 Å². The molecule has 3 aromatic rings. The van der Waals surface area contributed by atoms with Crippen LogP contribution >= 0.6 is 0 Å². The topological polar surface area (TPSA) is 67.4 Å². The summed E-state index contributed by atoms with van der Waals surface area (Å²) in [4.78, 5) is 7.98. The van der Waals surface area contributed by atoms with E-state index in [9.17, 15) is 5.11 Å². The van der Waals surface area contributed by atoms with E-state index in [1.807, 2.05) is 42.5 Å². The summed E-state index contributed by atoms with van der Waals surface area (Å²) in [5, 5.41) is 15.0. The van der Waals surface area contributed by atoms with Gasteiger partial charge in [0.15, 0.2) is 0 Å². The van der Waals surface area contributed by atoms with E-state index in [0.29, 0.717) is 19.7 Å². The van der Waals surface area contributed by atoms with E-state index >= 15 is 0 Å². The molecule has 0 fully saturated rings. The minimum Gasteiger partial charge on any atom is -0.467 e. The third-order valence-electron chi connectivity index (χ3n) is 5.50. The molecule has 2 aromatic carbocycles. The number of aryl methyl sites for hydroxylation is 1. The molecule has 0 saturated carbocycles. The Morgan fingerprint density at radius 2 is 1.91 bits per heavy atom. The van der Waals surface area contributed by atoms with Gasteiger partial charge >= 0.3 is 0 Å². The summed E-state index contributed by atoms with van der Waals surface area (Å²) in [5.74, 6) is 0.749. The van der Waals surface area contributed by atoms with Gasteiger partial charge in [-0.1, -0.05) is 59.8 Å². The van der Waals surface area contributed by atoms with Gasteiger partial charge in [-0.15, -0.1) is 0 Å². The molecule has 32 heavy (non-hydrogen) atoms. The molecule has 1 N–H and O–H groups in total. The van der Waals surface area contributed by atoms with Gasteiger partial charge in [-0.25, -0.2) is 0 Å². The van der Waals surface area contributed by atoms with Gasteiger partial charge in [0.1, 0.15) is 18.5 Å². The molecule has 4 rings (SSSR count). The second kappa shape index (κ2) is 11.1. The summed E-state index contributed by atoms with van der Waals surface area (Å²) < 4.78 is 10.9. The van der Waals surface area contributed by atoms with Gasteiger partial charge in [0.05, 0.1) is 24.7 Å². The van der Waals surface area contributed by atoms with Crippen LogP contribution in [0.1, 0.15) is 28.9 Å². The second-order valence-electron chi connectivity index (χ2n) is 8.21. The number of rotatable bonds is 11. The molecule has 1 aliphatic heterocycles. The molecule has 0 spiro atoms. The third kappa shape index (κ3) is 6.29. The molecule has 0 radical (unpaired) electrons. The van der Waals surface area contributed by atoms with Gasteiger partial charge in [0, 0.05) is 31.6 Å². The normalized spacial score (nSPS) is 16.7. The van der Waals surface area contributed by atoms with Crippen molar-refractivity contribution in [1.82, 2.24) is 4.90 Å². The van der Waals surface area contributed by atoms with Crippen molar-refractivity contribution < 1.29 is 19.1 Å². The van der Waals surface area contributed by atoms with Gasteiger partial charge in [-0.2, -0.15) is 0 Å². The van der Waals surface area contributed by atoms with Crippen molar-refractivity contribution in [3.63, 3.8) is 0 Å². The number of hydrogen-bond acceptors (Lipinski definition) is 6. The molecule has 1 aliphatic rings. The van der Waals surface area contributed by atoms with Crippen LogP contribution < -0.4 is 0 Å². The van der Waals surface area contributed by atoms with E-state index in [4.69, 9.17) is 14.0 Å². The van der Waals surface area contributed by atoms with Crippen molar-refractivity contribution in [2.45, 2.75) is 38.7 Å². The van der Waals surface area contributed by atoms with Crippen molar-refractivity contribution in [3.8, 4) is 0 Å². The predicted molar refractivity (Wildman–Crippen MR) is 123 cm³/mol. The molecule has 0 aliphatic carbocycles. The standard InChI is InChI=1S/C26H30N2O4/c1-20-8-5-6-12-25(20)26-14-24(32-27-26)17-28(15-21-9-3-2-4-10-21)16-22(29)18-30-19-23-11-7-13-31-23/h2-13,22,24,29H,14-19H2,1H3/t22-,24+/m0/s1. The zero-order chi connectivity index (χ0) is 22.2. The summed E-state index contributed by atoms with van der Waals surface area (Å²) in [7, 11) is 0. The fourth-order valence-electron chi connectivity index (χ4n) is 3.96. The van der Waals surface area contributed by atoms with E-state index in [-0.39, 0.29) is 12.7 Å². The summed E-state index contributed by atoms with van der Waals surface area (Å²) in [6.07, 6.45) is 1.70. The smallest absolute Gasteiger partial charge is 0.145 e. The molecule has 6 nitrogen and oxygen atoms in total. The Morgan fingerprint density at radius 3 is 2.69 bits per heavy atom. The Bertz CT molecular complexity index is 988. The maximum Gasteiger partial charge on any atom is 0.145 e. The zero-order valence-corrected chi connectivity index (χ0v) is 18.4. The number of aliphatic hydroxyl groups is 1. The minimum absolute atomic E-state index is 0.0513. The number of oxime groups is 1. The first kappa shape index (κ1) is 22.3. The average molecular weight is 435 g/mol. The number of aliphatic hydroxyl groups excluding tert-OH is 1. The largest absolute Gasteiger partial charge is 0.467 e. The van der Waals surface area contributed by atoms with E-state index in [1.54, 1.807) is 6.26 Å². The van der Waals surface area contributed by atoms with Crippen LogP contribution in [0.3, 0.4) is 0 Å². The van der Waals surface area contributed by atoms with Crippen LogP contribution in [0.25, 0.3) is 0 Å². The van der Waals surface area contributed by atoms with Crippen LogP contribution in [0.4, 0.5) is 0 Å². The number of furan rings is 1. The maximum absolute atomic E-state index is 10.6. The second-order valence-corrected chi connectivity index (χ2v) is 8.21. The monoisotopic (exact) mass is 434 g/mol. The van der Waals surface area contributed by atoms with Crippen LogP contribution in [0.15, 0.2) is 82.6 Å². The van der Waals surface area contributed by atoms with Gasteiger partial charge in [0.25, 0.3) is 0 Å². The van der Waals surface area contributed by atoms with Crippen molar-refractivity contribution in [2.75, 3.05) is 19.7 Å². The van der Waals surface area contributed by atoms with Gasteiger partial charge < -0.3 is 19.1 Å². The maximum atomic E-state index is 10.6. The lowest BCUT2D eigenvalue weighted by Crippen LogP contribution is -2.39. The van der Waals surface area contributed by atoms with E-state index < -0.39 is 6.10 Å². The number of nitrogens with zero attached hydrogens (tertiary/aromatic N) is 2. The SMILES string of the molecule is Cc1ccccc1C1=NO[C@@H](CN(Cc2ccccc2)C[C@H](O)COCc2ccco2)C1. The van der Waals surface area contributed by atoms with Crippen LogP contribution in [-0.4, -0.2) is 47.6 Å². The van der Waals surface area contributed by atoms with Crippen LogP contribution in [0.5, 0.6) is 0 Å². The van der Waals surface area contributed by atoms with Crippen molar-refractivity contribution in [3.05, 3.63) is 95.4 Å². The lowest BCUT2D eigenvalue weighted by atomic mass is 10.00. The Balaban J connectivity index is 1.33. The Kier molecular flexibility index (Phi) is 7.72. The fraction of sp³-hybridized carbons (Fsp3) is 0.346. The quantitative estimate of drug-likeness (QED) is 0.491. The molecular formula is C26H30N2O4. The van der Waals surface area contributed by atoms with Crippen molar-refractivity contribution >= 4 is 5.71 Å². The molecule has 0 saturated heterocycles. The highest BCUT2D eigenvalue weighted by Gasteiger charge is 2.26. The first-order valence-electron chi connectivity index (χ1n) is 11.0. The number of ether oxygens (including phenoxy) is 1. The van der Waals surface area contributed by atoms with Crippen LogP contribution in [0.2, 0.25) is 0 Å².